The van der Waals surface area contributed by atoms with Crippen molar-refractivity contribution in [2.45, 2.75) is 18.9 Å². The van der Waals surface area contributed by atoms with Gasteiger partial charge in [-0.2, -0.15) is 0 Å². The maximum atomic E-state index is 11.8. The zero-order valence-electron chi connectivity index (χ0n) is 17.0. The topological polar surface area (TPSA) is 76.6 Å². The van der Waals surface area contributed by atoms with E-state index in [0.717, 1.165) is 25.9 Å². The minimum absolute atomic E-state index is 0.127. The zero-order valence-corrected chi connectivity index (χ0v) is 17.0. The van der Waals surface area contributed by atoms with Crippen LogP contribution in [0.2, 0.25) is 0 Å². The minimum Gasteiger partial charge on any atom is -0.377 e. The monoisotopic (exact) mass is 411 g/mol. The molecule has 28 heavy (non-hydrogen) atoms. The van der Waals surface area contributed by atoms with Gasteiger partial charge in [-0.05, 0) is 25.9 Å². The molecule has 0 aromatic heterocycles. The molecule has 0 radical (unpaired) electrons. The number of rotatable bonds is 21. The van der Waals surface area contributed by atoms with Gasteiger partial charge in [-0.15, -0.1) is 0 Å². The van der Waals surface area contributed by atoms with Crippen LogP contribution in [0.1, 0.15) is 12.8 Å². The lowest BCUT2D eigenvalue weighted by Gasteiger charge is -2.22. The van der Waals surface area contributed by atoms with Gasteiger partial charge in [0.1, 0.15) is 6.67 Å². The smallest absolute Gasteiger partial charge is 0.113 e. The fraction of sp³-hybridized carbons (Fsp3) is 1.00. The molecule has 0 amide bonds. The van der Waals surface area contributed by atoms with E-state index in [0.29, 0.717) is 85.4 Å². The first kappa shape index (κ1) is 25.6. The minimum atomic E-state index is -0.462. The molecule has 0 atom stereocenters. The van der Waals surface area contributed by atoms with Crippen LogP contribution in [0.3, 0.4) is 0 Å². The van der Waals surface area contributed by atoms with Gasteiger partial charge in [-0.1, -0.05) is 0 Å². The maximum absolute atomic E-state index is 11.8. The summed E-state index contributed by atoms with van der Waals surface area (Å²) in [6, 6.07) is 0. The maximum Gasteiger partial charge on any atom is 0.113 e. The third-order valence-corrected chi connectivity index (χ3v) is 3.95. The van der Waals surface area contributed by atoms with Gasteiger partial charge in [0, 0.05) is 0 Å². The van der Waals surface area contributed by atoms with Crippen LogP contribution < -0.4 is 5.32 Å². The van der Waals surface area contributed by atoms with Crippen LogP contribution in [0.5, 0.6) is 0 Å². The Bertz CT molecular complexity index is 310. The molecule has 0 aliphatic carbocycles. The second-order valence-electron chi connectivity index (χ2n) is 6.18. The van der Waals surface area contributed by atoms with Gasteiger partial charge in [0.2, 0.25) is 0 Å². The summed E-state index contributed by atoms with van der Waals surface area (Å²) in [6.07, 6.45) is 2.54. The van der Waals surface area contributed by atoms with E-state index in [2.05, 4.69) is 5.32 Å². The number of hydrogen-bond acceptors (Lipinski definition) is 8. The Hall–Kier alpha value is -0.390. The van der Waals surface area contributed by atoms with Crippen molar-refractivity contribution in [2.24, 2.45) is 0 Å². The van der Waals surface area contributed by atoms with Crippen molar-refractivity contribution in [1.29, 1.82) is 0 Å². The van der Waals surface area contributed by atoms with Crippen LogP contribution in [0.25, 0.3) is 0 Å². The van der Waals surface area contributed by atoms with E-state index < -0.39 is 6.67 Å². The number of ether oxygens (including phenoxy) is 7. The Morgan fingerprint density at radius 1 is 0.536 bits per heavy atom. The van der Waals surface area contributed by atoms with E-state index in [1.807, 2.05) is 0 Å². The summed E-state index contributed by atoms with van der Waals surface area (Å²) in [5.74, 6) is 0. The second-order valence-corrected chi connectivity index (χ2v) is 6.18. The fourth-order valence-electron chi connectivity index (χ4n) is 2.49. The average Bonchev–Trinajstić information content (AvgIpc) is 2.73. The first-order valence-electron chi connectivity index (χ1n) is 10.3. The van der Waals surface area contributed by atoms with Crippen LogP contribution >= 0.6 is 0 Å². The number of alkyl halides is 1. The van der Waals surface area contributed by atoms with Crippen molar-refractivity contribution < 1.29 is 37.5 Å². The Morgan fingerprint density at radius 2 is 0.893 bits per heavy atom. The summed E-state index contributed by atoms with van der Waals surface area (Å²) in [7, 11) is 0. The van der Waals surface area contributed by atoms with Crippen molar-refractivity contribution in [3.05, 3.63) is 0 Å². The predicted octanol–water partition coefficient (Wildman–Crippen LogP) is 0.824. The molecule has 1 rings (SSSR count). The van der Waals surface area contributed by atoms with Crippen molar-refractivity contribution in [3.63, 3.8) is 0 Å². The van der Waals surface area contributed by atoms with E-state index in [9.17, 15) is 4.39 Å². The molecule has 1 N–H and O–H groups in total. The van der Waals surface area contributed by atoms with E-state index in [1.54, 1.807) is 0 Å². The Morgan fingerprint density at radius 3 is 1.29 bits per heavy atom. The molecule has 0 aromatic rings. The molecule has 8 nitrogen and oxygen atoms in total. The number of halogens is 1. The van der Waals surface area contributed by atoms with Crippen molar-refractivity contribution in [3.8, 4) is 0 Å². The van der Waals surface area contributed by atoms with Gasteiger partial charge in [-0.3, -0.25) is 0 Å². The first-order valence-corrected chi connectivity index (χ1v) is 10.3. The number of piperidine rings is 1. The molecule has 9 heteroatoms. The van der Waals surface area contributed by atoms with Gasteiger partial charge < -0.3 is 38.5 Å². The second kappa shape index (κ2) is 21.3. The quantitative estimate of drug-likeness (QED) is 0.278. The molecule has 0 aromatic carbocycles. The fourth-order valence-corrected chi connectivity index (χ4v) is 2.49. The Balaban J connectivity index is 1.64. The highest BCUT2D eigenvalue weighted by molar-refractivity contribution is 4.67. The third kappa shape index (κ3) is 17.7. The van der Waals surface area contributed by atoms with E-state index >= 15 is 0 Å². The lowest BCUT2D eigenvalue weighted by Crippen LogP contribution is -2.33. The summed E-state index contributed by atoms with van der Waals surface area (Å²) in [6.45, 7) is 8.08. The molecule has 0 saturated carbocycles. The molecule has 1 aliphatic heterocycles. The SMILES string of the molecule is FCCOCCOCCOCCOCCOCCOCCOC1CCNCC1. The van der Waals surface area contributed by atoms with Crippen LogP contribution in [0.4, 0.5) is 4.39 Å². The molecular weight excluding hydrogens is 373 g/mol. The van der Waals surface area contributed by atoms with Gasteiger partial charge in [0.15, 0.2) is 0 Å². The van der Waals surface area contributed by atoms with Crippen LogP contribution in [-0.2, 0) is 33.2 Å². The third-order valence-electron chi connectivity index (χ3n) is 3.95. The van der Waals surface area contributed by atoms with E-state index in [-0.39, 0.29) is 6.61 Å². The summed E-state index contributed by atoms with van der Waals surface area (Å²) < 4.78 is 49.4. The molecule has 1 fully saturated rings. The summed E-state index contributed by atoms with van der Waals surface area (Å²) in [5.41, 5.74) is 0. The van der Waals surface area contributed by atoms with E-state index in [4.69, 9.17) is 33.2 Å². The lowest BCUT2D eigenvalue weighted by molar-refractivity contribution is -0.0307. The van der Waals surface area contributed by atoms with Gasteiger partial charge >= 0.3 is 0 Å². The normalized spacial score (nSPS) is 15.3. The molecular formula is C19H38FNO7. The van der Waals surface area contributed by atoms with E-state index in [1.165, 1.54) is 0 Å². The van der Waals surface area contributed by atoms with Crippen LogP contribution in [0.15, 0.2) is 0 Å². The highest BCUT2D eigenvalue weighted by atomic mass is 19.1. The molecule has 1 heterocycles. The summed E-state index contributed by atoms with van der Waals surface area (Å²) in [4.78, 5) is 0. The molecule has 0 bridgehead atoms. The number of nitrogens with one attached hydrogen (secondary N) is 1. The molecule has 168 valence electrons. The van der Waals surface area contributed by atoms with Crippen molar-refractivity contribution in [2.75, 3.05) is 106 Å². The van der Waals surface area contributed by atoms with Crippen molar-refractivity contribution in [1.82, 2.24) is 5.32 Å². The van der Waals surface area contributed by atoms with Crippen LogP contribution in [0, 0.1) is 0 Å². The first-order chi connectivity index (χ1) is 13.9. The standard InChI is InChI=1S/C19H38FNO7/c20-3-6-22-7-8-23-9-10-24-11-12-25-13-14-26-15-16-27-17-18-28-19-1-4-21-5-2-19/h19,21H,1-18H2. The van der Waals surface area contributed by atoms with Gasteiger partial charge in [0.05, 0.1) is 92.0 Å². The van der Waals surface area contributed by atoms with Gasteiger partial charge in [-0.25, -0.2) is 4.39 Å². The highest BCUT2D eigenvalue weighted by Gasteiger charge is 2.12. The largest absolute Gasteiger partial charge is 0.377 e. The van der Waals surface area contributed by atoms with Gasteiger partial charge in [0.25, 0.3) is 0 Å². The summed E-state index contributed by atoms with van der Waals surface area (Å²) >= 11 is 0. The molecule has 1 aliphatic rings. The predicted molar refractivity (Wildman–Crippen MR) is 103 cm³/mol. The van der Waals surface area contributed by atoms with Crippen LogP contribution in [-0.4, -0.2) is 112 Å². The molecule has 1 saturated heterocycles. The average molecular weight is 412 g/mol. The molecule has 0 unspecified atom stereocenters. The highest BCUT2D eigenvalue weighted by Crippen LogP contribution is 2.06. The summed E-state index contributed by atoms with van der Waals surface area (Å²) in [5, 5.41) is 3.32. The van der Waals surface area contributed by atoms with Crippen molar-refractivity contribution >= 4 is 0 Å². The molecule has 0 spiro atoms. The lowest BCUT2D eigenvalue weighted by atomic mass is 10.1. The number of hydrogen-bond donors (Lipinski definition) is 1. The Kier molecular flexibility index (Phi) is 19.5. The Labute approximate surface area is 168 Å². The zero-order chi connectivity index (χ0) is 20.0.